The van der Waals surface area contributed by atoms with Gasteiger partial charge < -0.3 is 5.32 Å². The quantitative estimate of drug-likeness (QED) is 0.673. The van der Waals surface area contributed by atoms with Crippen molar-refractivity contribution in [2.45, 2.75) is 18.0 Å². The topological polar surface area (TPSA) is 59.8 Å². The fourth-order valence-corrected chi connectivity index (χ4v) is 3.01. The van der Waals surface area contributed by atoms with Crippen molar-refractivity contribution in [1.29, 1.82) is 0 Å². The zero-order valence-electron chi connectivity index (χ0n) is 13.1. The Morgan fingerprint density at radius 3 is 2.71 bits per heavy atom. The second-order valence-electron chi connectivity index (χ2n) is 5.29. The van der Waals surface area contributed by atoms with Gasteiger partial charge in [-0.1, -0.05) is 42.5 Å². The monoisotopic (exact) mass is 338 g/mol. The van der Waals surface area contributed by atoms with Crippen LogP contribution < -0.4 is 5.32 Å². The Morgan fingerprint density at radius 1 is 1.08 bits per heavy atom. The molecule has 1 N–H and O–H groups in total. The minimum Gasteiger partial charge on any atom is -0.351 e. The molecule has 0 aliphatic rings. The van der Waals surface area contributed by atoms with Crippen molar-refractivity contribution in [1.82, 2.24) is 20.1 Å². The standard InChI is InChI=1S/C18H18N4OS/c23-18(12-24-17-7-2-1-3-8-17)20-10-15-5-4-6-16(9-15)11-22-14-19-13-21-22/h1-9,13-14H,10-12H2,(H,20,23). The predicted molar refractivity (Wildman–Crippen MR) is 94.6 cm³/mol. The van der Waals surface area contributed by atoms with Gasteiger partial charge in [-0.25, -0.2) is 9.67 Å². The van der Waals surface area contributed by atoms with Gasteiger partial charge in [0.25, 0.3) is 0 Å². The first-order chi connectivity index (χ1) is 11.8. The van der Waals surface area contributed by atoms with Gasteiger partial charge in [-0.3, -0.25) is 4.79 Å². The van der Waals surface area contributed by atoms with Crippen LogP contribution in [0.2, 0.25) is 0 Å². The van der Waals surface area contributed by atoms with Crippen LogP contribution in [0.15, 0.2) is 72.1 Å². The molecular weight excluding hydrogens is 320 g/mol. The molecule has 0 bridgehead atoms. The van der Waals surface area contributed by atoms with E-state index in [1.54, 1.807) is 11.0 Å². The lowest BCUT2D eigenvalue weighted by molar-refractivity contribution is -0.118. The maximum atomic E-state index is 12.0. The molecule has 0 radical (unpaired) electrons. The van der Waals surface area contributed by atoms with E-state index in [2.05, 4.69) is 21.5 Å². The van der Waals surface area contributed by atoms with Crippen LogP contribution in [-0.2, 0) is 17.9 Å². The number of carbonyl (C=O) groups excluding carboxylic acids is 1. The second kappa shape index (κ2) is 8.31. The maximum absolute atomic E-state index is 12.0. The number of benzene rings is 2. The van der Waals surface area contributed by atoms with Gasteiger partial charge in [0.15, 0.2) is 0 Å². The average molecular weight is 338 g/mol. The summed E-state index contributed by atoms with van der Waals surface area (Å²) in [6.45, 7) is 1.20. The number of amides is 1. The number of nitrogens with one attached hydrogen (secondary N) is 1. The molecule has 1 heterocycles. The van der Waals surface area contributed by atoms with Crippen LogP contribution in [-0.4, -0.2) is 26.4 Å². The highest BCUT2D eigenvalue weighted by atomic mass is 32.2. The Labute approximate surface area is 145 Å². The van der Waals surface area contributed by atoms with Gasteiger partial charge in [-0.2, -0.15) is 5.10 Å². The van der Waals surface area contributed by atoms with Crippen LogP contribution >= 0.6 is 11.8 Å². The van der Waals surface area contributed by atoms with E-state index in [1.165, 1.54) is 18.1 Å². The minimum absolute atomic E-state index is 0.0329. The van der Waals surface area contributed by atoms with E-state index in [4.69, 9.17) is 0 Å². The minimum atomic E-state index is 0.0329. The molecule has 0 atom stereocenters. The summed E-state index contributed by atoms with van der Waals surface area (Å²) >= 11 is 1.54. The lowest BCUT2D eigenvalue weighted by Crippen LogP contribution is -2.24. The second-order valence-corrected chi connectivity index (χ2v) is 6.34. The molecule has 0 spiro atoms. The Hall–Kier alpha value is -2.60. The molecule has 0 saturated heterocycles. The fraction of sp³-hybridized carbons (Fsp3) is 0.167. The first kappa shape index (κ1) is 16.3. The Morgan fingerprint density at radius 2 is 1.92 bits per heavy atom. The molecule has 0 aliphatic heterocycles. The fourth-order valence-electron chi connectivity index (χ4n) is 2.26. The summed E-state index contributed by atoms with van der Waals surface area (Å²) in [5.41, 5.74) is 2.21. The van der Waals surface area contributed by atoms with Crippen LogP contribution in [0.3, 0.4) is 0 Å². The van der Waals surface area contributed by atoms with Gasteiger partial charge in [-0.05, 0) is 23.3 Å². The molecule has 0 fully saturated rings. The highest BCUT2D eigenvalue weighted by Crippen LogP contribution is 2.16. The molecule has 122 valence electrons. The molecule has 3 rings (SSSR count). The predicted octanol–water partition coefficient (Wildman–Crippen LogP) is 2.73. The summed E-state index contributed by atoms with van der Waals surface area (Å²) < 4.78 is 1.77. The number of aromatic nitrogens is 3. The molecule has 2 aromatic carbocycles. The largest absolute Gasteiger partial charge is 0.351 e. The van der Waals surface area contributed by atoms with Crippen LogP contribution in [0.5, 0.6) is 0 Å². The van der Waals surface area contributed by atoms with Gasteiger partial charge in [-0.15, -0.1) is 11.8 Å². The molecule has 6 heteroatoms. The number of carbonyl (C=O) groups is 1. The van der Waals surface area contributed by atoms with Gasteiger partial charge in [0, 0.05) is 11.4 Å². The smallest absolute Gasteiger partial charge is 0.230 e. The van der Waals surface area contributed by atoms with E-state index in [0.29, 0.717) is 18.8 Å². The van der Waals surface area contributed by atoms with Crippen LogP contribution in [0.1, 0.15) is 11.1 Å². The SMILES string of the molecule is O=C(CSc1ccccc1)NCc1cccc(Cn2cncn2)c1. The van der Waals surface area contributed by atoms with Crippen LogP contribution in [0.4, 0.5) is 0 Å². The summed E-state index contributed by atoms with van der Waals surface area (Å²) in [6.07, 6.45) is 3.21. The molecular formula is C18H18N4OS. The summed E-state index contributed by atoms with van der Waals surface area (Å²) in [6, 6.07) is 18.0. The van der Waals surface area contributed by atoms with Crippen molar-refractivity contribution in [3.05, 3.63) is 78.4 Å². The van der Waals surface area contributed by atoms with Crippen LogP contribution in [0, 0.1) is 0 Å². The molecule has 0 saturated carbocycles. The molecule has 24 heavy (non-hydrogen) atoms. The summed E-state index contributed by atoms with van der Waals surface area (Å²) in [5.74, 6) is 0.452. The van der Waals surface area contributed by atoms with Gasteiger partial charge in [0.1, 0.15) is 12.7 Å². The first-order valence-electron chi connectivity index (χ1n) is 7.64. The number of nitrogens with zero attached hydrogens (tertiary/aromatic N) is 3. The van der Waals surface area contributed by atoms with Crippen LogP contribution in [0.25, 0.3) is 0 Å². The Kier molecular flexibility index (Phi) is 5.63. The van der Waals surface area contributed by atoms with E-state index in [0.717, 1.165) is 16.0 Å². The molecule has 3 aromatic rings. The summed E-state index contributed by atoms with van der Waals surface area (Å²) in [5, 5.41) is 7.06. The molecule has 5 nitrogen and oxygen atoms in total. The third-order valence-electron chi connectivity index (χ3n) is 3.41. The van der Waals surface area contributed by atoms with Crippen molar-refractivity contribution in [3.8, 4) is 0 Å². The summed E-state index contributed by atoms with van der Waals surface area (Å²) in [4.78, 5) is 17.0. The van der Waals surface area contributed by atoms with E-state index < -0.39 is 0 Å². The van der Waals surface area contributed by atoms with Crippen molar-refractivity contribution in [2.24, 2.45) is 0 Å². The van der Waals surface area contributed by atoms with E-state index in [-0.39, 0.29) is 5.91 Å². The molecule has 0 aliphatic carbocycles. The van der Waals surface area contributed by atoms with Gasteiger partial charge >= 0.3 is 0 Å². The zero-order chi connectivity index (χ0) is 16.6. The van der Waals surface area contributed by atoms with Gasteiger partial charge in [0.05, 0.1) is 12.3 Å². The highest BCUT2D eigenvalue weighted by molar-refractivity contribution is 8.00. The van der Waals surface area contributed by atoms with Gasteiger partial charge in [0.2, 0.25) is 5.91 Å². The summed E-state index contributed by atoms with van der Waals surface area (Å²) in [7, 11) is 0. The Bertz CT molecular complexity index is 775. The van der Waals surface area contributed by atoms with Crippen molar-refractivity contribution in [2.75, 3.05) is 5.75 Å². The van der Waals surface area contributed by atoms with Crippen molar-refractivity contribution >= 4 is 17.7 Å². The zero-order valence-corrected chi connectivity index (χ0v) is 13.9. The highest BCUT2D eigenvalue weighted by Gasteiger charge is 2.04. The molecule has 1 amide bonds. The maximum Gasteiger partial charge on any atom is 0.230 e. The lowest BCUT2D eigenvalue weighted by Gasteiger charge is -2.07. The first-order valence-corrected chi connectivity index (χ1v) is 8.63. The lowest BCUT2D eigenvalue weighted by atomic mass is 10.1. The van der Waals surface area contributed by atoms with Crippen molar-refractivity contribution in [3.63, 3.8) is 0 Å². The third kappa shape index (κ3) is 4.96. The van der Waals surface area contributed by atoms with E-state index in [1.807, 2.05) is 48.5 Å². The number of hydrogen-bond acceptors (Lipinski definition) is 4. The number of rotatable bonds is 7. The normalized spacial score (nSPS) is 10.5. The van der Waals surface area contributed by atoms with E-state index in [9.17, 15) is 4.79 Å². The molecule has 1 aromatic heterocycles. The third-order valence-corrected chi connectivity index (χ3v) is 4.42. The average Bonchev–Trinajstić information content (AvgIpc) is 3.12. The number of thioether (sulfide) groups is 1. The molecule has 0 unspecified atom stereocenters. The van der Waals surface area contributed by atoms with E-state index >= 15 is 0 Å². The van der Waals surface area contributed by atoms with Crippen molar-refractivity contribution < 1.29 is 4.79 Å². The number of hydrogen-bond donors (Lipinski definition) is 1. The Balaban J connectivity index is 1.48.